The molecule has 0 aromatic heterocycles. The molecule has 2 nitrogen and oxygen atoms in total. The number of rotatable bonds is 4. The molecule has 0 bridgehead atoms. The molecule has 1 N–H and O–H groups in total. The summed E-state index contributed by atoms with van der Waals surface area (Å²) in [6.45, 7) is 5.31. The van der Waals surface area contributed by atoms with Crippen LogP contribution in [0.5, 0.6) is 0 Å². The summed E-state index contributed by atoms with van der Waals surface area (Å²) in [5, 5.41) is 3.42. The molecule has 0 aliphatic carbocycles. The van der Waals surface area contributed by atoms with Crippen LogP contribution in [-0.4, -0.2) is 12.6 Å². The van der Waals surface area contributed by atoms with E-state index in [4.69, 9.17) is 4.74 Å². The number of nitrogens with one attached hydrogen (secondary N) is 1. The summed E-state index contributed by atoms with van der Waals surface area (Å²) in [5.74, 6) is 0.593. The fourth-order valence-corrected chi connectivity index (χ4v) is 1.95. The van der Waals surface area contributed by atoms with Crippen molar-refractivity contribution in [2.45, 2.75) is 38.7 Å². The van der Waals surface area contributed by atoms with Gasteiger partial charge in [-0.1, -0.05) is 26.0 Å². The first kappa shape index (κ1) is 12.0. The van der Waals surface area contributed by atoms with Crippen LogP contribution in [0.25, 0.3) is 0 Å². The fraction of sp³-hybridized carbons (Fsp3) is 0.467. The van der Waals surface area contributed by atoms with Gasteiger partial charge < -0.3 is 10.1 Å². The van der Waals surface area contributed by atoms with E-state index < -0.39 is 0 Å². The van der Waals surface area contributed by atoms with Gasteiger partial charge in [0.25, 0.3) is 0 Å². The molecule has 0 spiro atoms. The molecule has 0 radical (unpaired) electrons. The van der Waals surface area contributed by atoms with E-state index in [1.165, 1.54) is 11.3 Å². The third-order valence-electron chi connectivity index (χ3n) is 3.13. The van der Waals surface area contributed by atoms with E-state index in [2.05, 4.69) is 49.5 Å². The highest BCUT2D eigenvalue weighted by Gasteiger charge is 2.10. The molecule has 17 heavy (non-hydrogen) atoms. The maximum absolute atomic E-state index is 5.52. The zero-order chi connectivity index (χ0) is 12.1. The van der Waals surface area contributed by atoms with E-state index in [1.54, 1.807) is 0 Å². The first-order valence-corrected chi connectivity index (χ1v) is 6.40. The SMILES string of the molecule is CC(C)c1ccc(NCC2CCC=CO2)cc1. The van der Waals surface area contributed by atoms with Gasteiger partial charge in [0, 0.05) is 5.69 Å². The van der Waals surface area contributed by atoms with Gasteiger partial charge in [-0.15, -0.1) is 0 Å². The minimum atomic E-state index is 0.310. The van der Waals surface area contributed by atoms with Crippen molar-refractivity contribution in [2.24, 2.45) is 0 Å². The van der Waals surface area contributed by atoms with E-state index in [9.17, 15) is 0 Å². The fourth-order valence-electron chi connectivity index (χ4n) is 1.95. The summed E-state index contributed by atoms with van der Waals surface area (Å²) >= 11 is 0. The molecule has 0 saturated heterocycles. The van der Waals surface area contributed by atoms with Gasteiger partial charge in [0.15, 0.2) is 0 Å². The molecule has 0 fully saturated rings. The molecule has 1 unspecified atom stereocenters. The summed E-state index contributed by atoms with van der Waals surface area (Å²) < 4.78 is 5.52. The van der Waals surface area contributed by atoms with Crippen LogP contribution in [0.3, 0.4) is 0 Å². The highest BCUT2D eigenvalue weighted by atomic mass is 16.5. The van der Waals surface area contributed by atoms with Crippen LogP contribution >= 0.6 is 0 Å². The van der Waals surface area contributed by atoms with Crippen LogP contribution in [-0.2, 0) is 4.74 Å². The Labute approximate surface area is 104 Å². The van der Waals surface area contributed by atoms with Crippen LogP contribution in [0.2, 0.25) is 0 Å². The minimum absolute atomic E-state index is 0.310. The molecule has 2 rings (SSSR count). The third kappa shape index (κ3) is 3.52. The number of hydrogen-bond donors (Lipinski definition) is 1. The lowest BCUT2D eigenvalue weighted by Gasteiger charge is -2.20. The molecular formula is C15H21NO. The highest BCUT2D eigenvalue weighted by molar-refractivity contribution is 5.45. The van der Waals surface area contributed by atoms with Crippen molar-refractivity contribution < 1.29 is 4.74 Å². The monoisotopic (exact) mass is 231 g/mol. The summed E-state index contributed by atoms with van der Waals surface area (Å²) in [5.41, 5.74) is 2.56. The van der Waals surface area contributed by atoms with Crippen molar-refractivity contribution in [3.63, 3.8) is 0 Å². The number of ether oxygens (including phenoxy) is 1. The summed E-state index contributed by atoms with van der Waals surface area (Å²) in [4.78, 5) is 0. The average Bonchev–Trinajstić information content (AvgIpc) is 2.38. The third-order valence-corrected chi connectivity index (χ3v) is 3.13. The van der Waals surface area contributed by atoms with Gasteiger partial charge >= 0.3 is 0 Å². The molecule has 1 aliphatic heterocycles. The molecule has 2 heteroatoms. The van der Waals surface area contributed by atoms with Gasteiger partial charge in [0.05, 0.1) is 12.8 Å². The second-order valence-electron chi connectivity index (χ2n) is 4.86. The summed E-state index contributed by atoms with van der Waals surface area (Å²) in [6, 6.07) is 8.67. The van der Waals surface area contributed by atoms with Crippen molar-refractivity contribution >= 4 is 5.69 Å². The Hall–Kier alpha value is -1.44. The maximum Gasteiger partial charge on any atom is 0.115 e. The van der Waals surface area contributed by atoms with Crippen LogP contribution in [0.4, 0.5) is 5.69 Å². The molecule has 1 aromatic rings. The Balaban J connectivity index is 1.84. The van der Waals surface area contributed by atoms with Gasteiger partial charge in [0.1, 0.15) is 6.10 Å². The van der Waals surface area contributed by atoms with E-state index in [-0.39, 0.29) is 0 Å². The molecule has 0 saturated carbocycles. The zero-order valence-corrected chi connectivity index (χ0v) is 10.6. The first-order chi connectivity index (χ1) is 8.25. The topological polar surface area (TPSA) is 21.3 Å². The Bertz CT molecular complexity index is 367. The van der Waals surface area contributed by atoms with Crippen molar-refractivity contribution in [1.29, 1.82) is 0 Å². The summed E-state index contributed by atoms with van der Waals surface area (Å²) in [7, 11) is 0. The molecule has 1 aliphatic rings. The number of allylic oxidation sites excluding steroid dienone is 1. The molecule has 92 valence electrons. The number of benzene rings is 1. The Kier molecular flexibility index (Phi) is 4.08. The van der Waals surface area contributed by atoms with Crippen LogP contribution in [0.15, 0.2) is 36.6 Å². The first-order valence-electron chi connectivity index (χ1n) is 6.40. The van der Waals surface area contributed by atoms with Crippen molar-refractivity contribution in [3.8, 4) is 0 Å². The highest BCUT2D eigenvalue weighted by Crippen LogP contribution is 2.18. The standard InChI is InChI=1S/C15H21NO/c1-12(2)13-6-8-14(9-7-13)16-11-15-5-3-4-10-17-15/h4,6-10,12,15-16H,3,5,11H2,1-2H3. The van der Waals surface area contributed by atoms with E-state index in [0.717, 1.165) is 19.4 Å². The van der Waals surface area contributed by atoms with Crippen molar-refractivity contribution in [2.75, 3.05) is 11.9 Å². The van der Waals surface area contributed by atoms with Gasteiger partial charge in [0.2, 0.25) is 0 Å². The quantitative estimate of drug-likeness (QED) is 0.848. The van der Waals surface area contributed by atoms with Crippen LogP contribution in [0.1, 0.15) is 38.2 Å². The molecule has 1 aromatic carbocycles. The normalized spacial score (nSPS) is 19.1. The van der Waals surface area contributed by atoms with Crippen LogP contribution in [0, 0.1) is 0 Å². The van der Waals surface area contributed by atoms with Crippen LogP contribution < -0.4 is 5.32 Å². The molecule has 1 heterocycles. The number of hydrogen-bond acceptors (Lipinski definition) is 2. The van der Waals surface area contributed by atoms with Gasteiger partial charge in [-0.2, -0.15) is 0 Å². The minimum Gasteiger partial charge on any atom is -0.497 e. The van der Waals surface area contributed by atoms with Crippen molar-refractivity contribution in [3.05, 3.63) is 42.2 Å². The predicted octanol–water partition coefficient (Wildman–Crippen LogP) is 3.91. The van der Waals surface area contributed by atoms with Gasteiger partial charge in [-0.05, 0) is 42.5 Å². The second-order valence-corrected chi connectivity index (χ2v) is 4.86. The molecular weight excluding hydrogens is 210 g/mol. The second kappa shape index (κ2) is 5.76. The van der Waals surface area contributed by atoms with E-state index in [1.807, 2.05) is 6.26 Å². The largest absolute Gasteiger partial charge is 0.497 e. The summed E-state index contributed by atoms with van der Waals surface area (Å²) in [6.07, 6.45) is 6.43. The zero-order valence-electron chi connectivity index (χ0n) is 10.6. The Morgan fingerprint density at radius 2 is 2.06 bits per heavy atom. The van der Waals surface area contributed by atoms with E-state index in [0.29, 0.717) is 12.0 Å². The van der Waals surface area contributed by atoms with Gasteiger partial charge in [-0.3, -0.25) is 0 Å². The average molecular weight is 231 g/mol. The van der Waals surface area contributed by atoms with Gasteiger partial charge in [-0.25, -0.2) is 0 Å². The number of anilines is 1. The Morgan fingerprint density at radius 3 is 2.65 bits per heavy atom. The maximum atomic E-state index is 5.52. The lowest BCUT2D eigenvalue weighted by molar-refractivity contribution is 0.135. The molecule has 0 amide bonds. The lowest BCUT2D eigenvalue weighted by Crippen LogP contribution is -2.22. The smallest absolute Gasteiger partial charge is 0.115 e. The van der Waals surface area contributed by atoms with E-state index >= 15 is 0 Å². The predicted molar refractivity (Wildman–Crippen MR) is 72.3 cm³/mol. The Morgan fingerprint density at radius 1 is 1.29 bits per heavy atom. The lowest BCUT2D eigenvalue weighted by atomic mass is 10.0. The van der Waals surface area contributed by atoms with Crippen molar-refractivity contribution in [1.82, 2.24) is 0 Å². The molecule has 1 atom stereocenters.